The van der Waals surface area contributed by atoms with Crippen molar-refractivity contribution in [3.8, 4) is 44.5 Å². The molecule has 386 valence electrons. The van der Waals surface area contributed by atoms with Crippen LogP contribution in [0.4, 0.5) is 42.9 Å². The number of hydrogen-bond donors (Lipinski definition) is 0. The molecular formula is C76H46F2N2S2. The summed E-state index contributed by atoms with van der Waals surface area (Å²) >= 11 is 3.46. The lowest BCUT2D eigenvalue weighted by molar-refractivity contribution is 0.629. The van der Waals surface area contributed by atoms with Crippen LogP contribution in [0.15, 0.2) is 279 Å². The first kappa shape index (κ1) is 48.0. The third-order valence-electron chi connectivity index (χ3n) is 16.3. The lowest BCUT2D eigenvalue weighted by Gasteiger charge is -2.32. The van der Waals surface area contributed by atoms with Gasteiger partial charge in [-0.15, -0.1) is 22.7 Å². The highest BCUT2D eigenvalue weighted by Crippen LogP contribution is 2.55. The Bertz CT molecular complexity index is 4810. The number of nitrogens with zero attached hydrogens (tertiary/aromatic N) is 2. The van der Waals surface area contributed by atoms with E-state index in [-0.39, 0.29) is 11.6 Å². The van der Waals surface area contributed by atoms with Crippen LogP contribution >= 0.6 is 22.7 Å². The molecule has 0 aliphatic carbocycles. The molecule has 2 aromatic heterocycles. The molecule has 0 saturated carbocycles. The van der Waals surface area contributed by atoms with E-state index in [1.807, 2.05) is 97.1 Å². The van der Waals surface area contributed by atoms with Crippen LogP contribution in [0, 0.1) is 11.6 Å². The Morgan fingerprint density at radius 2 is 0.610 bits per heavy atom. The molecule has 0 bridgehead atoms. The van der Waals surface area contributed by atoms with Gasteiger partial charge in [0.2, 0.25) is 0 Å². The minimum absolute atomic E-state index is 0.341. The monoisotopic (exact) mass is 1090 g/mol. The SMILES string of the molecule is Fc1cc(-c2ccccc2)cc(-c2ccccc2)c1N(c1ccc2ccc3c(N(c4c(F)cc(-c5ccccc5)cc4-c4ccccc4)c4cccc5c4sc4ccccc45)ccc4ccc1c2c43)c1cccc2c1sc1ccccc12. The van der Waals surface area contributed by atoms with Gasteiger partial charge in [-0.1, -0.05) is 218 Å². The highest BCUT2D eigenvalue weighted by atomic mass is 32.1. The second-order valence-corrected chi connectivity index (χ2v) is 23.0. The van der Waals surface area contributed by atoms with E-state index in [2.05, 4.69) is 180 Å². The summed E-state index contributed by atoms with van der Waals surface area (Å²) in [4.78, 5) is 4.36. The Morgan fingerprint density at radius 1 is 0.256 bits per heavy atom. The normalized spacial score (nSPS) is 11.8. The molecule has 14 aromatic carbocycles. The van der Waals surface area contributed by atoms with Crippen molar-refractivity contribution >= 4 is 129 Å². The highest BCUT2D eigenvalue weighted by molar-refractivity contribution is 7.26. The molecule has 0 unspecified atom stereocenters. The molecule has 0 atom stereocenters. The molecule has 0 spiro atoms. The smallest absolute Gasteiger partial charge is 0.148 e. The summed E-state index contributed by atoms with van der Waals surface area (Å²) in [5.41, 5.74) is 11.1. The van der Waals surface area contributed by atoms with Crippen molar-refractivity contribution in [1.82, 2.24) is 0 Å². The molecule has 0 aliphatic rings. The van der Waals surface area contributed by atoms with Crippen molar-refractivity contribution < 1.29 is 8.78 Å². The van der Waals surface area contributed by atoms with E-state index in [1.54, 1.807) is 34.8 Å². The average Bonchev–Trinajstić information content (AvgIpc) is 2.83. The standard InChI is InChI=1S/C76H46F2N2S2/c77-63-45-53(47-19-5-1-6-20-47)43-61(49-23-9-3-10-24-49)73(63)79(67-31-17-29-57-55-27-13-15-33-69(55)81-75(57)67)65-41-37-51-36-40-60-66(42-38-52-35-39-59(65)71(51)72(52)60)80(68-32-18-30-58-56-28-14-16-34-70(56)82-76(58)68)74-62(50-25-11-4-12-26-50)44-54(46-64(74)78)48-21-7-2-8-22-48/h1-46H. The van der Waals surface area contributed by atoms with Gasteiger partial charge in [-0.25, -0.2) is 8.78 Å². The van der Waals surface area contributed by atoms with Gasteiger partial charge < -0.3 is 9.80 Å². The van der Waals surface area contributed by atoms with Gasteiger partial charge >= 0.3 is 0 Å². The van der Waals surface area contributed by atoms with Gasteiger partial charge in [-0.2, -0.15) is 0 Å². The third-order valence-corrected chi connectivity index (χ3v) is 18.7. The van der Waals surface area contributed by atoms with Crippen molar-refractivity contribution in [2.45, 2.75) is 0 Å². The molecule has 0 amide bonds. The Hall–Kier alpha value is -9.98. The molecule has 0 radical (unpaired) electrons. The summed E-state index contributed by atoms with van der Waals surface area (Å²) in [5, 5.41) is 10.6. The minimum atomic E-state index is -0.341. The molecule has 0 N–H and O–H groups in total. The molecule has 0 fully saturated rings. The molecule has 16 aromatic rings. The summed E-state index contributed by atoms with van der Waals surface area (Å²) in [7, 11) is 0. The van der Waals surface area contributed by atoms with Crippen molar-refractivity contribution in [3.63, 3.8) is 0 Å². The van der Waals surface area contributed by atoms with Gasteiger partial charge in [0.05, 0.1) is 43.5 Å². The first-order valence-electron chi connectivity index (χ1n) is 27.5. The number of thiophene rings is 2. The fourth-order valence-corrected chi connectivity index (χ4v) is 15.1. The van der Waals surface area contributed by atoms with E-state index in [0.29, 0.717) is 11.4 Å². The second-order valence-electron chi connectivity index (χ2n) is 20.9. The Balaban J connectivity index is 0.997. The van der Waals surface area contributed by atoms with Crippen molar-refractivity contribution in [2.24, 2.45) is 0 Å². The summed E-state index contributed by atoms with van der Waals surface area (Å²) in [6, 6.07) is 95.6. The summed E-state index contributed by atoms with van der Waals surface area (Å²) < 4.78 is 41.2. The van der Waals surface area contributed by atoms with Gasteiger partial charge in [-0.3, -0.25) is 0 Å². The predicted molar refractivity (Wildman–Crippen MR) is 347 cm³/mol. The number of halogens is 2. The maximum atomic E-state index is 18.4. The Morgan fingerprint density at radius 3 is 1.02 bits per heavy atom. The van der Waals surface area contributed by atoms with Crippen molar-refractivity contribution in [3.05, 3.63) is 291 Å². The Kier molecular flexibility index (Phi) is 11.3. The zero-order valence-electron chi connectivity index (χ0n) is 44.0. The number of fused-ring (bicyclic) bond motifs is 6. The van der Waals surface area contributed by atoms with E-state index in [4.69, 9.17) is 0 Å². The predicted octanol–water partition coefficient (Wildman–Crippen LogP) is 23.2. The van der Waals surface area contributed by atoms with Crippen LogP contribution in [0.3, 0.4) is 0 Å². The van der Waals surface area contributed by atoms with Gasteiger partial charge in [-0.05, 0) is 116 Å². The summed E-state index contributed by atoms with van der Waals surface area (Å²) in [6.07, 6.45) is 0. The molecule has 16 rings (SSSR count). The van der Waals surface area contributed by atoms with Crippen LogP contribution in [0.2, 0.25) is 0 Å². The van der Waals surface area contributed by atoms with E-state index in [0.717, 1.165) is 140 Å². The number of hydrogen-bond acceptors (Lipinski definition) is 4. The molecule has 0 saturated heterocycles. The summed E-state index contributed by atoms with van der Waals surface area (Å²) in [5.74, 6) is -0.682. The average molecular weight is 1090 g/mol. The largest absolute Gasteiger partial charge is 0.305 e. The van der Waals surface area contributed by atoms with Crippen LogP contribution in [-0.4, -0.2) is 0 Å². The molecule has 0 aliphatic heterocycles. The van der Waals surface area contributed by atoms with Crippen molar-refractivity contribution in [1.29, 1.82) is 0 Å². The van der Waals surface area contributed by atoms with Crippen LogP contribution in [0.1, 0.15) is 0 Å². The van der Waals surface area contributed by atoms with Crippen LogP contribution < -0.4 is 9.80 Å². The number of anilines is 6. The van der Waals surface area contributed by atoms with E-state index in [1.165, 1.54) is 0 Å². The fourth-order valence-electron chi connectivity index (χ4n) is 12.6. The van der Waals surface area contributed by atoms with Crippen LogP contribution in [-0.2, 0) is 0 Å². The topological polar surface area (TPSA) is 6.48 Å². The first-order valence-corrected chi connectivity index (χ1v) is 29.2. The maximum absolute atomic E-state index is 18.4. The third kappa shape index (κ3) is 7.71. The molecule has 2 nitrogen and oxygen atoms in total. The van der Waals surface area contributed by atoms with Gasteiger partial charge in [0.15, 0.2) is 0 Å². The van der Waals surface area contributed by atoms with E-state index >= 15 is 8.78 Å². The van der Waals surface area contributed by atoms with Gasteiger partial charge in [0, 0.05) is 52.8 Å². The zero-order chi connectivity index (χ0) is 54.4. The van der Waals surface area contributed by atoms with Crippen LogP contribution in [0.25, 0.3) is 117 Å². The zero-order valence-corrected chi connectivity index (χ0v) is 45.7. The van der Waals surface area contributed by atoms with Gasteiger partial charge in [0.1, 0.15) is 11.6 Å². The highest BCUT2D eigenvalue weighted by Gasteiger charge is 2.30. The minimum Gasteiger partial charge on any atom is -0.305 e. The molecular weight excluding hydrogens is 1040 g/mol. The maximum Gasteiger partial charge on any atom is 0.148 e. The summed E-state index contributed by atoms with van der Waals surface area (Å²) in [6.45, 7) is 0. The van der Waals surface area contributed by atoms with E-state index < -0.39 is 0 Å². The number of rotatable bonds is 10. The Labute approximate surface area is 480 Å². The van der Waals surface area contributed by atoms with Crippen LogP contribution in [0.5, 0.6) is 0 Å². The molecule has 6 heteroatoms. The second kappa shape index (κ2) is 19.4. The lowest BCUT2D eigenvalue weighted by atomic mass is 9.90. The fraction of sp³-hybridized carbons (Fsp3) is 0. The lowest BCUT2D eigenvalue weighted by Crippen LogP contribution is -2.15. The molecule has 2 heterocycles. The quantitative estimate of drug-likeness (QED) is 0.126. The first-order chi connectivity index (χ1) is 40.5. The van der Waals surface area contributed by atoms with E-state index in [9.17, 15) is 0 Å². The van der Waals surface area contributed by atoms with Gasteiger partial charge in [0.25, 0.3) is 0 Å². The van der Waals surface area contributed by atoms with Crippen molar-refractivity contribution in [2.75, 3.05) is 9.80 Å². The molecule has 82 heavy (non-hydrogen) atoms. The number of benzene rings is 14.